The minimum absolute atomic E-state index is 0.305. The summed E-state index contributed by atoms with van der Waals surface area (Å²) in [6, 6.07) is 6.58. The van der Waals surface area contributed by atoms with Crippen molar-refractivity contribution in [3.8, 4) is 11.8 Å². The van der Waals surface area contributed by atoms with Crippen LogP contribution in [0.5, 0.6) is 0 Å². The van der Waals surface area contributed by atoms with Crippen molar-refractivity contribution in [1.82, 2.24) is 5.32 Å². The zero-order chi connectivity index (χ0) is 13.4. The van der Waals surface area contributed by atoms with Gasteiger partial charge in [-0.2, -0.15) is 0 Å². The summed E-state index contributed by atoms with van der Waals surface area (Å²) in [6.45, 7) is 7.13. The van der Waals surface area contributed by atoms with E-state index in [9.17, 15) is 0 Å². The van der Waals surface area contributed by atoms with Gasteiger partial charge in [-0.25, -0.2) is 0 Å². The second-order valence-corrected chi connectivity index (χ2v) is 4.90. The Balaban J connectivity index is 2.81. The summed E-state index contributed by atoms with van der Waals surface area (Å²) in [4.78, 5) is 0. The van der Waals surface area contributed by atoms with E-state index in [1.54, 1.807) is 0 Å². The molecule has 0 saturated carbocycles. The standard InChI is InChI=1S/C16H22ClN/c1-4-6-7-8-16(18-11-5-2)14-10-9-13(3)12-15(14)17/h9-10,12,16,18H,5,7-8,11H2,1-3H3. The molecule has 1 aromatic rings. The van der Waals surface area contributed by atoms with Gasteiger partial charge in [0.1, 0.15) is 0 Å². The van der Waals surface area contributed by atoms with Crippen molar-refractivity contribution in [3.63, 3.8) is 0 Å². The van der Waals surface area contributed by atoms with Crippen molar-refractivity contribution in [2.24, 2.45) is 0 Å². The van der Waals surface area contributed by atoms with Gasteiger partial charge < -0.3 is 5.32 Å². The van der Waals surface area contributed by atoms with Crippen LogP contribution in [0.1, 0.15) is 50.3 Å². The number of nitrogens with one attached hydrogen (secondary N) is 1. The van der Waals surface area contributed by atoms with Crippen LogP contribution in [0.2, 0.25) is 5.02 Å². The molecule has 1 aromatic carbocycles. The fourth-order valence-corrected chi connectivity index (χ4v) is 2.31. The highest BCUT2D eigenvalue weighted by atomic mass is 35.5. The molecule has 0 bridgehead atoms. The van der Waals surface area contributed by atoms with E-state index in [-0.39, 0.29) is 0 Å². The summed E-state index contributed by atoms with van der Waals surface area (Å²) >= 11 is 6.34. The van der Waals surface area contributed by atoms with Gasteiger partial charge in [-0.15, -0.1) is 11.8 Å². The number of halogens is 1. The fourth-order valence-electron chi connectivity index (χ4n) is 1.94. The van der Waals surface area contributed by atoms with Crippen LogP contribution in [0.25, 0.3) is 0 Å². The van der Waals surface area contributed by atoms with E-state index in [1.807, 2.05) is 13.0 Å². The molecule has 98 valence electrons. The molecule has 1 N–H and O–H groups in total. The van der Waals surface area contributed by atoms with Gasteiger partial charge in [-0.1, -0.05) is 30.7 Å². The van der Waals surface area contributed by atoms with E-state index in [1.165, 1.54) is 11.1 Å². The lowest BCUT2D eigenvalue weighted by Crippen LogP contribution is -2.22. The molecule has 2 heteroatoms. The zero-order valence-electron chi connectivity index (χ0n) is 11.5. The third-order valence-electron chi connectivity index (χ3n) is 2.91. The third-order valence-corrected chi connectivity index (χ3v) is 3.23. The van der Waals surface area contributed by atoms with E-state index in [0.29, 0.717) is 6.04 Å². The van der Waals surface area contributed by atoms with Crippen molar-refractivity contribution < 1.29 is 0 Å². The highest BCUT2D eigenvalue weighted by Gasteiger charge is 2.13. The normalized spacial score (nSPS) is 11.8. The van der Waals surface area contributed by atoms with Crippen molar-refractivity contribution in [1.29, 1.82) is 0 Å². The van der Waals surface area contributed by atoms with E-state index in [2.05, 4.69) is 43.1 Å². The Morgan fingerprint density at radius 1 is 1.39 bits per heavy atom. The molecule has 0 aliphatic rings. The van der Waals surface area contributed by atoms with Crippen molar-refractivity contribution in [3.05, 3.63) is 34.3 Å². The molecule has 0 aliphatic heterocycles. The van der Waals surface area contributed by atoms with Gasteiger partial charge in [-0.3, -0.25) is 0 Å². The zero-order valence-corrected chi connectivity index (χ0v) is 12.3. The summed E-state index contributed by atoms with van der Waals surface area (Å²) in [5, 5.41) is 4.41. The predicted octanol–water partition coefficient (Wildman–Crippen LogP) is 4.49. The van der Waals surface area contributed by atoms with Gasteiger partial charge in [0.05, 0.1) is 0 Å². The van der Waals surface area contributed by atoms with Crippen LogP contribution in [0, 0.1) is 18.8 Å². The lowest BCUT2D eigenvalue weighted by molar-refractivity contribution is 0.505. The maximum Gasteiger partial charge on any atom is 0.0456 e. The van der Waals surface area contributed by atoms with Gasteiger partial charge in [0.25, 0.3) is 0 Å². The molecular formula is C16H22ClN. The maximum atomic E-state index is 6.34. The van der Waals surface area contributed by atoms with Crippen LogP contribution in [0.15, 0.2) is 18.2 Å². The number of hydrogen-bond donors (Lipinski definition) is 1. The molecule has 0 amide bonds. The molecule has 0 aliphatic carbocycles. The molecule has 0 spiro atoms. The van der Waals surface area contributed by atoms with Gasteiger partial charge >= 0.3 is 0 Å². The maximum absolute atomic E-state index is 6.34. The van der Waals surface area contributed by atoms with Gasteiger partial charge in [0.15, 0.2) is 0 Å². The Morgan fingerprint density at radius 2 is 2.17 bits per heavy atom. The molecule has 0 aromatic heterocycles. The second kappa shape index (κ2) is 8.19. The molecular weight excluding hydrogens is 242 g/mol. The van der Waals surface area contributed by atoms with Crippen LogP contribution < -0.4 is 5.32 Å². The Hall–Kier alpha value is -0.970. The Kier molecular flexibility index (Phi) is 6.86. The smallest absolute Gasteiger partial charge is 0.0456 e. The highest BCUT2D eigenvalue weighted by Crippen LogP contribution is 2.27. The first kappa shape index (κ1) is 15.1. The van der Waals surface area contributed by atoms with Gasteiger partial charge in [-0.05, 0) is 50.4 Å². The molecule has 1 unspecified atom stereocenters. The molecule has 1 rings (SSSR count). The first-order valence-corrected chi connectivity index (χ1v) is 6.95. The van der Waals surface area contributed by atoms with Crippen molar-refractivity contribution in [2.75, 3.05) is 6.54 Å². The van der Waals surface area contributed by atoms with Crippen LogP contribution in [-0.4, -0.2) is 6.54 Å². The lowest BCUT2D eigenvalue weighted by atomic mass is 10.0. The average Bonchev–Trinajstić information content (AvgIpc) is 2.34. The van der Waals surface area contributed by atoms with Crippen molar-refractivity contribution >= 4 is 11.6 Å². The highest BCUT2D eigenvalue weighted by molar-refractivity contribution is 6.31. The third kappa shape index (κ3) is 4.72. The number of aryl methyl sites for hydroxylation is 1. The second-order valence-electron chi connectivity index (χ2n) is 4.50. The Bertz CT molecular complexity index is 428. The predicted molar refractivity (Wildman–Crippen MR) is 79.9 cm³/mol. The number of hydrogen-bond acceptors (Lipinski definition) is 1. The minimum Gasteiger partial charge on any atom is -0.310 e. The molecule has 1 atom stereocenters. The Labute approximate surface area is 116 Å². The minimum atomic E-state index is 0.305. The summed E-state index contributed by atoms with van der Waals surface area (Å²) in [5.41, 5.74) is 2.39. The molecule has 0 fully saturated rings. The van der Waals surface area contributed by atoms with Crippen molar-refractivity contribution in [2.45, 2.75) is 46.1 Å². The van der Waals surface area contributed by atoms with Gasteiger partial charge in [0, 0.05) is 17.5 Å². The Morgan fingerprint density at radius 3 is 2.78 bits per heavy atom. The molecule has 0 heterocycles. The average molecular weight is 264 g/mol. The molecule has 1 nitrogen and oxygen atoms in total. The number of rotatable bonds is 6. The van der Waals surface area contributed by atoms with Gasteiger partial charge in [0.2, 0.25) is 0 Å². The topological polar surface area (TPSA) is 12.0 Å². The van der Waals surface area contributed by atoms with Crippen LogP contribution in [0.3, 0.4) is 0 Å². The van der Waals surface area contributed by atoms with E-state index in [4.69, 9.17) is 11.6 Å². The summed E-state index contributed by atoms with van der Waals surface area (Å²) in [7, 11) is 0. The molecule has 0 saturated heterocycles. The van der Waals surface area contributed by atoms with Crippen LogP contribution in [-0.2, 0) is 0 Å². The summed E-state index contributed by atoms with van der Waals surface area (Å²) in [5.74, 6) is 6.07. The largest absolute Gasteiger partial charge is 0.310 e. The summed E-state index contributed by atoms with van der Waals surface area (Å²) in [6.07, 6.45) is 3.03. The molecule has 18 heavy (non-hydrogen) atoms. The van der Waals surface area contributed by atoms with E-state index >= 15 is 0 Å². The van der Waals surface area contributed by atoms with E-state index < -0.39 is 0 Å². The summed E-state index contributed by atoms with van der Waals surface area (Å²) < 4.78 is 0. The SMILES string of the molecule is CC#CCCC(NCCC)c1ccc(C)cc1Cl. The van der Waals surface area contributed by atoms with Crippen LogP contribution >= 0.6 is 11.6 Å². The monoisotopic (exact) mass is 263 g/mol. The fraction of sp³-hybridized carbons (Fsp3) is 0.500. The first-order chi connectivity index (χ1) is 8.69. The number of benzene rings is 1. The quantitative estimate of drug-likeness (QED) is 0.746. The van der Waals surface area contributed by atoms with Crippen LogP contribution in [0.4, 0.5) is 0 Å². The first-order valence-electron chi connectivity index (χ1n) is 6.58. The van der Waals surface area contributed by atoms with E-state index in [0.717, 1.165) is 30.8 Å². The lowest BCUT2D eigenvalue weighted by Gasteiger charge is -2.19. The molecule has 0 radical (unpaired) electrons.